The molecule has 0 unspecified atom stereocenters. The van der Waals surface area contributed by atoms with E-state index in [1.165, 1.54) is 11.3 Å². The zero-order valence-electron chi connectivity index (χ0n) is 13.4. The van der Waals surface area contributed by atoms with Crippen LogP contribution in [0.3, 0.4) is 0 Å². The van der Waals surface area contributed by atoms with Crippen molar-refractivity contribution >= 4 is 28.2 Å². The molecule has 0 spiro atoms. The van der Waals surface area contributed by atoms with Gasteiger partial charge in [0.25, 0.3) is 5.91 Å². The SMILES string of the molecule is CCOC(=O)c1cc(CC)sc1NC(=O)c1ccc(C(F)(F)F)nc1. The second kappa shape index (κ2) is 7.64. The number of nitrogens with zero attached hydrogens (tertiary/aromatic N) is 1. The maximum atomic E-state index is 12.5. The lowest BCUT2D eigenvalue weighted by atomic mass is 10.2. The van der Waals surface area contributed by atoms with E-state index in [0.29, 0.717) is 11.4 Å². The largest absolute Gasteiger partial charge is 0.462 e. The first-order valence-corrected chi connectivity index (χ1v) is 8.22. The smallest absolute Gasteiger partial charge is 0.433 e. The molecule has 2 heterocycles. The van der Waals surface area contributed by atoms with Crippen LogP contribution in [0.25, 0.3) is 0 Å². The summed E-state index contributed by atoms with van der Waals surface area (Å²) in [6, 6.07) is 3.39. The Labute approximate surface area is 145 Å². The van der Waals surface area contributed by atoms with Crippen LogP contribution in [-0.4, -0.2) is 23.5 Å². The molecule has 2 aromatic heterocycles. The molecule has 0 aliphatic heterocycles. The van der Waals surface area contributed by atoms with Crippen LogP contribution in [0.1, 0.15) is 45.1 Å². The van der Waals surface area contributed by atoms with Gasteiger partial charge in [-0.3, -0.25) is 9.78 Å². The van der Waals surface area contributed by atoms with Crippen LogP contribution in [0.2, 0.25) is 0 Å². The van der Waals surface area contributed by atoms with Gasteiger partial charge in [-0.25, -0.2) is 4.79 Å². The number of esters is 1. The number of nitrogens with one attached hydrogen (secondary N) is 1. The number of alkyl halides is 3. The van der Waals surface area contributed by atoms with Gasteiger partial charge in [0.05, 0.1) is 17.7 Å². The Bertz CT molecular complexity index is 770. The lowest BCUT2D eigenvalue weighted by Crippen LogP contribution is -2.15. The minimum absolute atomic E-state index is 0.0470. The highest BCUT2D eigenvalue weighted by atomic mass is 32.1. The van der Waals surface area contributed by atoms with Gasteiger partial charge in [0.1, 0.15) is 10.7 Å². The molecule has 134 valence electrons. The van der Waals surface area contributed by atoms with Crippen LogP contribution in [0.15, 0.2) is 24.4 Å². The minimum Gasteiger partial charge on any atom is -0.462 e. The van der Waals surface area contributed by atoms with Crippen molar-refractivity contribution in [2.75, 3.05) is 11.9 Å². The maximum absolute atomic E-state index is 12.5. The lowest BCUT2D eigenvalue weighted by Gasteiger charge is -2.08. The molecule has 0 fully saturated rings. The number of thiophene rings is 1. The van der Waals surface area contributed by atoms with Gasteiger partial charge < -0.3 is 10.1 Å². The fourth-order valence-corrected chi connectivity index (χ4v) is 2.92. The molecule has 0 atom stereocenters. The number of hydrogen-bond donors (Lipinski definition) is 1. The average Bonchev–Trinajstić information content (AvgIpc) is 2.97. The van der Waals surface area contributed by atoms with Crippen LogP contribution in [0.5, 0.6) is 0 Å². The molecule has 0 radical (unpaired) electrons. The predicted octanol–water partition coefficient (Wildman–Crippen LogP) is 4.15. The van der Waals surface area contributed by atoms with E-state index in [4.69, 9.17) is 4.74 Å². The van der Waals surface area contributed by atoms with Crippen LogP contribution >= 0.6 is 11.3 Å². The maximum Gasteiger partial charge on any atom is 0.433 e. The topological polar surface area (TPSA) is 68.3 Å². The number of anilines is 1. The highest BCUT2D eigenvalue weighted by Gasteiger charge is 2.32. The van der Waals surface area contributed by atoms with E-state index in [1.54, 1.807) is 13.0 Å². The molecule has 9 heteroatoms. The molecule has 1 N–H and O–H groups in total. The first kappa shape index (κ1) is 18.9. The van der Waals surface area contributed by atoms with E-state index >= 15 is 0 Å². The molecule has 0 aliphatic carbocycles. The molecule has 0 saturated heterocycles. The van der Waals surface area contributed by atoms with Gasteiger partial charge in [0, 0.05) is 11.1 Å². The molecule has 0 bridgehead atoms. The van der Waals surface area contributed by atoms with Crippen LogP contribution in [-0.2, 0) is 17.3 Å². The van der Waals surface area contributed by atoms with E-state index in [-0.39, 0.29) is 17.7 Å². The second-order valence-corrected chi connectivity index (χ2v) is 6.05. The van der Waals surface area contributed by atoms with E-state index in [0.717, 1.165) is 23.2 Å². The summed E-state index contributed by atoms with van der Waals surface area (Å²) in [5.41, 5.74) is -0.910. The number of pyridine rings is 1. The van der Waals surface area contributed by atoms with E-state index < -0.39 is 23.7 Å². The van der Waals surface area contributed by atoms with Crippen molar-refractivity contribution in [2.45, 2.75) is 26.4 Å². The van der Waals surface area contributed by atoms with Crippen molar-refractivity contribution in [2.24, 2.45) is 0 Å². The summed E-state index contributed by atoms with van der Waals surface area (Å²) in [5, 5.41) is 2.83. The van der Waals surface area contributed by atoms with Gasteiger partial charge in [0.15, 0.2) is 0 Å². The van der Waals surface area contributed by atoms with E-state index in [2.05, 4.69) is 10.3 Å². The summed E-state index contributed by atoms with van der Waals surface area (Å²) < 4.78 is 42.5. The van der Waals surface area contributed by atoms with Crippen LogP contribution in [0.4, 0.5) is 18.2 Å². The fraction of sp³-hybridized carbons (Fsp3) is 0.312. The number of carbonyl (C=O) groups is 2. The minimum atomic E-state index is -4.57. The molecule has 2 aromatic rings. The summed E-state index contributed by atoms with van der Waals surface area (Å²) in [6.45, 7) is 3.75. The first-order chi connectivity index (χ1) is 11.8. The molecular weight excluding hydrogens is 357 g/mol. The fourth-order valence-electron chi connectivity index (χ4n) is 1.94. The van der Waals surface area contributed by atoms with Crippen molar-refractivity contribution in [3.05, 3.63) is 46.1 Å². The van der Waals surface area contributed by atoms with Gasteiger partial charge in [0.2, 0.25) is 0 Å². The molecule has 1 amide bonds. The van der Waals surface area contributed by atoms with Gasteiger partial charge in [-0.05, 0) is 31.5 Å². The molecule has 5 nitrogen and oxygen atoms in total. The van der Waals surface area contributed by atoms with Crippen molar-refractivity contribution in [1.29, 1.82) is 0 Å². The summed E-state index contributed by atoms with van der Waals surface area (Å²) in [4.78, 5) is 28.3. The number of ether oxygens (including phenoxy) is 1. The molecule has 25 heavy (non-hydrogen) atoms. The zero-order valence-corrected chi connectivity index (χ0v) is 14.3. The van der Waals surface area contributed by atoms with Crippen molar-refractivity contribution in [3.8, 4) is 0 Å². The standard InChI is InChI=1S/C16H15F3N2O3S/c1-3-10-7-11(15(23)24-4-2)14(25-10)21-13(22)9-5-6-12(20-8-9)16(17,18)19/h5-8H,3-4H2,1-2H3,(H,21,22). The number of hydrogen-bond acceptors (Lipinski definition) is 5. The number of carbonyl (C=O) groups excluding carboxylic acids is 2. The van der Waals surface area contributed by atoms with E-state index in [9.17, 15) is 22.8 Å². The Morgan fingerprint density at radius 3 is 2.52 bits per heavy atom. The Morgan fingerprint density at radius 1 is 1.28 bits per heavy atom. The van der Waals surface area contributed by atoms with Crippen molar-refractivity contribution in [1.82, 2.24) is 4.98 Å². The third-order valence-corrected chi connectivity index (χ3v) is 4.36. The molecule has 0 saturated carbocycles. The number of aromatic nitrogens is 1. The van der Waals surface area contributed by atoms with Crippen molar-refractivity contribution < 1.29 is 27.5 Å². The highest BCUT2D eigenvalue weighted by molar-refractivity contribution is 7.16. The Balaban J connectivity index is 2.22. The number of aryl methyl sites for hydroxylation is 1. The zero-order chi connectivity index (χ0) is 18.6. The predicted molar refractivity (Wildman–Crippen MR) is 86.8 cm³/mol. The second-order valence-electron chi connectivity index (χ2n) is 4.91. The number of halogens is 3. The van der Waals surface area contributed by atoms with E-state index in [1.807, 2.05) is 6.92 Å². The highest BCUT2D eigenvalue weighted by Crippen LogP contribution is 2.30. The third-order valence-electron chi connectivity index (χ3n) is 3.17. The van der Waals surface area contributed by atoms with Gasteiger partial charge >= 0.3 is 12.1 Å². The summed E-state index contributed by atoms with van der Waals surface area (Å²) >= 11 is 1.21. The van der Waals surface area contributed by atoms with Gasteiger partial charge in [-0.1, -0.05) is 6.92 Å². The Kier molecular flexibility index (Phi) is 5.78. The first-order valence-electron chi connectivity index (χ1n) is 7.40. The quantitative estimate of drug-likeness (QED) is 0.801. The number of rotatable bonds is 5. The molecular formula is C16H15F3N2O3S. The third kappa shape index (κ3) is 4.56. The normalized spacial score (nSPS) is 11.2. The Hall–Kier alpha value is -2.42. The molecule has 0 aliphatic rings. The van der Waals surface area contributed by atoms with Gasteiger partial charge in [-0.15, -0.1) is 11.3 Å². The van der Waals surface area contributed by atoms with Crippen molar-refractivity contribution in [3.63, 3.8) is 0 Å². The average molecular weight is 372 g/mol. The molecule has 2 rings (SSSR count). The van der Waals surface area contributed by atoms with Crippen LogP contribution < -0.4 is 5.32 Å². The summed E-state index contributed by atoms with van der Waals surface area (Å²) in [6.07, 6.45) is -3.07. The molecule has 0 aromatic carbocycles. The van der Waals surface area contributed by atoms with Crippen LogP contribution in [0, 0.1) is 0 Å². The Morgan fingerprint density at radius 2 is 2.00 bits per heavy atom. The summed E-state index contributed by atoms with van der Waals surface area (Å²) in [7, 11) is 0. The number of amides is 1. The monoisotopic (exact) mass is 372 g/mol. The van der Waals surface area contributed by atoms with Gasteiger partial charge in [-0.2, -0.15) is 13.2 Å². The lowest BCUT2D eigenvalue weighted by molar-refractivity contribution is -0.141. The summed E-state index contributed by atoms with van der Waals surface area (Å²) in [5.74, 6) is -1.23.